The van der Waals surface area contributed by atoms with Crippen LogP contribution in [0.5, 0.6) is 0 Å². The molecular weight excluding hydrogens is 470 g/mol. The van der Waals surface area contributed by atoms with Crippen LogP contribution in [0.2, 0.25) is 5.02 Å². The minimum Gasteiger partial charge on any atom is -0.462 e. The van der Waals surface area contributed by atoms with Crippen molar-refractivity contribution in [3.63, 3.8) is 0 Å². The molecule has 1 fully saturated rings. The van der Waals surface area contributed by atoms with Crippen molar-refractivity contribution in [1.29, 1.82) is 0 Å². The highest BCUT2D eigenvalue weighted by Gasteiger charge is 2.37. The number of esters is 2. The van der Waals surface area contributed by atoms with Gasteiger partial charge < -0.3 is 13.9 Å². The van der Waals surface area contributed by atoms with Gasteiger partial charge in [-0.25, -0.2) is 4.79 Å². The Morgan fingerprint density at radius 2 is 1.97 bits per heavy atom. The summed E-state index contributed by atoms with van der Waals surface area (Å²) < 4.78 is 15.9. The van der Waals surface area contributed by atoms with E-state index in [4.69, 9.17) is 25.5 Å². The first kappa shape index (κ1) is 24.6. The predicted molar refractivity (Wildman–Crippen MR) is 124 cm³/mol. The first-order valence-corrected chi connectivity index (χ1v) is 11.4. The van der Waals surface area contributed by atoms with E-state index in [1.165, 1.54) is 6.08 Å². The number of thioether (sulfide) groups is 1. The molecule has 1 aliphatic heterocycles. The Hall–Kier alpha value is -3.04. The number of amides is 2. The number of rotatable bonds is 8. The number of furan rings is 1. The normalized spacial score (nSPS) is 15.8. The third kappa shape index (κ3) is 5.85. The average molecular weight is 492 g/mol. The quantitative estimate of drug-likeness (QED) is 0.368. The molecule has 1 atom stereocenters. The monoisotopic (exact) mass is 491 g/mol. The molecule has 8 nitrogen and oxygen atoms in total. The van der Waals surface area contributed by atoms with Gasteiger partial charge >= 0.3 is 11.9 Å². The van der Waals surface area contributed by atoms with Gasteiger partial charge in [0.15, 0.2) is 0 Å². The maximum atomic E-state index is 12.6. The summed E-state index contributed by atoms with van der Waals surface area (Å²) in [7, 11) is 0. The standard InChI is InChI=1S/C23H22ClNO7S/c1-4-13(3)31-20(26)12-25-21(27)19(33-23(25)29)11-15-7-9-18(32-15)14-6-8-17(24)16(10-14)22(28)30-5-2/h6-11,13H,4-5,12H2,1-3H3/b19-11+/t13-/m1/s1. The summed E-state index contributed by atoms with van der Waals surface area (Å²) in [5, 5.41) is -0.305. The fourth-order valence-corrected chi connectivity index (χ4v) is 3.88. The predicted octanol–water partition coefficient (Wildman–Crippen LogP) is 5.15. The summed E-state index contributed by atoms with van der Waals surface area (Å²) in [5.74, 6) is -1.03. The molecule has 10 heteroatoms. The van der Waals surface area contributed by atoms with Gasteiger partial charge in [-0.2, -0.15) is 0 Å². The van der Waals surface area contributed by atoms with Gasteiger partial charge in [-0.05, 0) is 62.4 Å². The van der Waals surface area contributed by atoms with Gasteiger partial charge in [-0.15, -0.1) is 0 Å². The number of hydrogen-bond donors (Lipinski definition) is 0. The Labute approximate surface area is 199 Å². The fourth-order valence-electron chi connectivity index (χ4n) is 2.87. The van der Waals surface area contributed by atoms with Crippen molar-refractivity contribution in [1.82, 2.24) is 4.90 Å². The zero-order chi connectivity index (χ0) is 24.1. The third-order valence-corrected chi connectivity index (χ3v) is 5.95. The molecule has 1 aromatic carbocycles. The highest BCUT2D eigenvalue weighted by atomic mass is 35.5. The lowest BCUT2D eigenvalue weighted by molar-refractivity contribution is -0.150. The Balaban J connectivity index is 1.76. The van der Waals surface area contributed by atoms with Gasteiger partial charge in [0, 0.05) is 11.6 Å². The molecular formula is C23H22ClNO7S. The summed E-state index contributed by atoms with van der Waals surface area (Å²) in [6.45, 7) is 5.06. The van der Waals surface area contributed by atoms with Crippen LogP contribution in [0.1, 0.15) is 43.3 Å². The summed E-state index contributed by atoms with van der Waals surface area (Å²) in [5.41, 5.74) is 0.794. The molecule has 3 rings (SSSR count). The molecule has 1 aromatic heterocycles. The van der Waals surface area contributed by atoms with Crippen LogP contribution in [-0.4, -0.2) is 47.2 Å². The molecule has 0 bridgehead atoms. The van der Waals surface area contributed by atoms with Gasteiger partial charge in [0.1, 0.15) is 18.1 Å². The summed E-state index contributed by atoms with van der Waals surface area (Å²) in [6, 6.07) is 8.09. The number of halogens is 1. The van der Waals surface area contributed by atoms with E-state index in [0.717, 1.165) is 4.90 Å². The van der Waals surface area contributed by atoms with Crippen molar-refractivity contribution in [2.24, 2.45) is 0 Å². The molecule has 2 heterocycles. The maximum Gasteiger partial charge on any atom is 0.339 e. The van der Waals surface area contributed by atoms with Gasteiger partial charge in [0.25, 0.3) is 11.1 Å². The summed E-state index contributed by atoms with van der Waals surface area (Å²) in [6.07, 6.45) is 1.76. The molecule has 0 radical (unpaired) electrons. The summed E-state index contributed by atoms with van der Waals surface area (Å²) >= 11 is 6.81. The van der Waals surface area contributed by atoms with E-state index in [0.29, 0.717) is 35.3 Å². The molecule has 2 aromatic rings. The molecule has 174 valence electrons. The van der Waals surface area contributed by atoms with Crippen molar-refractivity contribution >= 4 is 52.5 Å². The lowest BCUT2D eigenvalue weighted by Crippen LogP contribution is -2.35. The summed E-state index contributed by atoms with van der Waals surface area (Å²) in [4.78, 5) is 49.8. The first-order valence-electron chi connectivity index (χ1n) is 10.2. The number of imide groups is 1. The van der Waals surface area contributed by atoms with E-state index in [2.05, 4.69) is 0 Å². The fraction of sp³-hybridized carbons (Fsp3) is 0.304. The van der Waals surface area contributed by atoms with Crippen molar-refractivity contribution in [2.45, 2.75) is 33.3 Å². The van der Waals surface area contributed by atoms with Crippen molar-refractivity contribution in [3.05, 3.63) is 51.6 Å². The molecule has 1 aliphatic rings. The molecule has 0 N–H and O–H groups in total. The smallest absolute Gasteiger partial charge is 0.339 e. The number of carbonyl (C=O) groups excluding carboxylic acids is 4. The number of benzene rings is 1. The van der Waals surface area contributed by atoms with Crippen molar-refractivity contribution < 1.29 is 33.1 Å². The maximum absolute atomic E-state index is 12.6. The van der Waals surface area contributed by atoms with Crippen LogP contribution in [0.25, 0.3) is 17.4 Å². The Morgan fingerprint density at radius 1 is 1.21 bits per heavy atom. The molecule has 2 amide bonds. The Bertz CT molecular complexity index is 1120. The third-order valence-electron chi connectivity index (χ3n) is 4.71. The Kier molecular flexibility index (Phi) is 7.99. The SMILES string of the molecule is CCOC(=O)c1cc(-c2ccc(/C=C3/SC(=O)N(CC(=O)O[C@H](C)CC)C3=O)o2)ccc1Cl. The minimum atomic E-state index is -0.645. The minimum absolute atomic E-state index is 0.126. The van der Waals surface area contributed by atoms with E-state index in [9.17, 15) is 19.2 Å². The van der Waals surface area contributed by atoms with E-state index < -0.39 is 29.6 Å². The van der Waals surface area contributed by atoms with Crippen LogP contribution < -0.4 is 0 Å². The molecule has 33 heavy (non-hydrogen) atoms. The van der Waals surface area contributed by atoms with Crippen LogP contribution in [0.4, 0.5) is 4.79 Å². The zero-order valence-corrected chi connectivity index (χ0v) is 19.8. The van der Waals surface area contributed by atoms with E-state index in [1.54, 1.807) is 44.2 Å². The average Bonchev–Trinajstić information content (AvgIpc) is 3.34. The molecule has 1 saturated heterocycles. The van der Waals surface area contributed by atoms with E-state index in [1.807, 2.05) is 6.92 Å². The van der Waals surface area contributed by atoms with Gasteiger partial charge in [0.05, 0.1) is 28.2 Å². The highest BCUT2D eigenvalue weighted by molar-refractivity contribution is 8.18. The van der Waals surface area contributed by atoms with E-state index >= 15 is 0 Å². The number of carbonyl (C=O) groups is 4. The van der Waals surface area contributed by atoms with Gasteiger partial charge in [-0.1, -0.05) is 18.5 Å². The molecule has 0 aliphatic carbocycles. The second-order valence-corrected chi connectivity index (χ2v) is 8.49. The first-order chi connectivity index (χ1) is 15.7. The Morgan fingerprint density at radius 3 is 2.67 bits per heavy atom. The van der Waals surface area contributed by atoms with Gasteiger partial charge in [-0.3, -0.25) is 19.3 Å². The lowest BCUT2D eigenvalue weighted by Gasteiger charge is -2.14. The second kappa shape index (κ2) is 10.7. The highest BCUT2D eigenvalue weighted by Crippen LogP contribution is 2.34. The van der Waals surface area contributed by atoms with Crippen molar-refractivity contribution in [3.8, 4) is 11.3 Å². The molecule has 0 spiro atoms. The second-order valence-electron chi connectivity index (χ2n) is 7.09. The molecule has 0 saturated carbocycles. The van der Waals surface area contributed by atoms with Crippen LogP contribution in [0.3, 0.4) is 0 Å². The van der Waals surface area contributed by atoms with Crippen LogP contribution in [0, 0.1) is 0 Å². The number of ether oxygens (including phenoxy) is 2. The number of hydrogen-bond acceptors (Lipinski definition) is 8. The van der Waals surface area contributed by atoms with E-state index in [-0.39, 0.29) is 28.2 Å². The van der Waals surface area contributed by atoms with Crippen LogP contribution in [-0.2, 0) is 19.1 Å². The molecule has 0 unspecified atom stereocenters. The topological polar surface area (TPSA) is 103 Å². The zero-order valence-electron chi connectivity index (χ0n) is 18.3. The van der Waals surface area contributed by atoms with Crippen LogP contribution in [0.15, 0.2) is 39.7 Å². The van der Waals surface area contributed by atoms with Gasteiger partial charge in [0.2, 0.25) is 0 Å². The van der Waals surface area contributed by atoms with Crippen LogP contribution >= 0.6 is 23.4 Å². The van der Waals surface area contributed by atoms with Crippen molar-refractivity contribution in [2.75, 3.05) is 13.2 Å². The number of nitrogens with zero attached hydrogens (tertiary/aromatic N) is 1. The largest absolute Gasteiger partial charge is 0.462 e. The lowest BCUT2D eigenvalue weighted by atomic mass is 10.1.